The number of thioether (sulfide) groups is 1. The van der Waals surface area contributed by atoms with E-state index in [2.05, 4.69) is 11.4 Å². The van der Waals surface area contributed by atoms with E-state index < -0.39 is 0 Å². The molecule has 0 atom stereocenters. The summed E-state index contributed by atoms with van der Waals surface area (Å²) in [4.78, 5) is 26.4. The quantitative estimate of drug-likeness (QED) is 0.708. The maximum Gasteiger partial charge on any atom is 0.256 e. The highest BCUT2D eigenvalue weighted by molar-refractivity contribution is 8.00. The number of rotatable bonds is 4. The van der Waals surface area contributed by atoms with Crippen molar-refractivity contribution >= 4 is 34.3 Å². The van der Waals surface area contributed by atoms with Gasteiger partial charge in [-0.3, -0.25) is 9.59 Å². The van der Waals surface area contributed by atoms with Crippen LogP contribution >= 0.6 is 11.8 Å². The fraction of sp³-hybridized carbons (Fsp3) is 0.273. The molecule has 0 saturated heterocycles. The van der Waals surface area contributed by atoms with Gasteiger partial charge in [0.2, 0.25) is 0 Å². The number of fused-ring (bicyclic) bond motifs is 1. The highest BCUT2D eigenvalue weighted by atomic mass is 32.2. The van der Waals surface area contributed by atoms with Crippen molar-refractivity contribution in [2.45, 2.75) is 35.8 Å². The number of carbonyl (C=O) groups is 1. The average molecular weight is 378 g/mol. The van der Waals surface area contributed by atoms with Gasteiger partial charge in [-0.1, -0.05) is 43.2 Å². The molecule has 1 aliphatic carbocycles. The molecule has 1 N–H and O–H groups in total. The van der Waals surface area contributed by atoms with Crippen LogP contribution in [0.2, 0.25) is 0 Å². The summed E-state index contributed by atoms with van der Waals surface area (Å²) in [7, 11) is 1.72. The molecule has 4 nitrogen and oxygen atoms in total. The van der Waals surface area contributed by atoms with Gasteiger partial charge in [0.05, 0.1) is 16.8 Å². The van der Waals surface area contributed by atoms with E-state index in [9.17, 15) is 9.59 Å². The third kappa shape index (κ3) is 3.65. The minimum Gasteiger partial charge on any atom is -0.321 e. The van der Waals surface area contributed by atoms with Gasteiger partial charge in [-0.25, -0.2) is 0 Å². The molecule has 138 valence electrons. The van der Waals surface area contributed by atoms with Gasteiger partial charge in [-0.05, 0) is 31.0 Å². The lowest BCUT2D eigenvalue weighted by Gasteiger charge is -2.15. The first kappa shape index (κ1) is 17.9. The van der Waals surface area contributed by atoms with Gasteiger partial charge in [-0.15, -0.1) is 11.8 Å². The van der Waals surface area contributed by atoms with Crippen molar-refractivity contribution in [1.29, 1.82) is 0 Å². The second-order valence-corrected chi connectivity index (χ2v) is 8.29. The molecular weight excluding hydrogens is 356 g/mol. The monoisotopic (exact) mass is 378 g/mol. The molecule has 5 heteroatoms. The van der Waals surface area contributed by atoms with Crippen LogP contribution in [-0.2, 0) is 7.05 Å². The maximum absolute atomic E-state index is 13.0. The van der Waals surface area contributed by atoms with E-state index in [0.29, 0.717) is 10.8 Å². The normalized spacial score (nSPS) is 14.6. The Balaban J connectivity index is 1.67. The largest absolute Gasteiger partial charge is 0.321 e. The van der Waals surface area contributed by atoms with Crippen molar-refractivity contribution in [3.63, 3.8) is 0 Å². The summed E-state index contributed by atoms with van der Waals surface area (Å²) < 4.78 is 1.57. The molecule has 0 radical (unpaired) electrons. The molecule has 0 spiro atoms. The zero-order chi connectivity index (χ0) is 18.8. The number of nitrogens with one attached hydrogen (secondary N) is 1. The molecule has 1 heterocycles. The van der Waals surface area contributed by atoms with Gasteiger partial charge in [-0.2, -0.15) is 0 Å². The van der Waals surface area contributed by atoms with Crippen LogP contribution in [0.3, 0.4) is 0 Å². The molecule has 3 aromatic rings. The first-order valence-electron chi connectivity index (χ1n) is 9.29. The van der Waals surface area contributed by atoms with Crippen LogP contribution in [0.1, 0.15) is 36.0 Å². The van der Waals surface area contributed by atoms with Crippen molar-refractivity contribution in [2.75, 3.05) is 5.32 Å². The van der Waals surface area contributed by atoms with Gasteiger partial charge in [0.15, 0.2) is 0 Å². The maximum atomic E-state index is 13.0. The van der Waals surface area contributed by atoms with Crippen LogP contribution in [-0.4, -0.2) is 15.7 Å². The molecular formula is C22H22N2O2S. The molecule has 1 amide bonds. The number of benzene rings is 2. The van der Waals surface area contributed by atoms with Crippen LogP contribution in [0.4, 0.5) is 5.69 Å². The van der Waals surface area contributed by atoms with Gasteiger partial charge in [0.1, 0.15) is 0 Å². The smallest absolute Gasteiger partial charge is 0.256 e. The Bertz CT molecular complexity index is 1050. The second kappa shape index (κ2) is 7.61. The molecule has 1 aromatic heterocycles. The standard InChI is InChI=1S/C22H22N2O2S/c1-24-19-12-6-4-10-16(19)17(14-21(24)25)22(26)23-18-11-5-7-13-20(18)27-15-8-2-3-9-15/h4-7,10-15H,2-3,8-9H2,1H3,(H,23,26). The Labute approximate surface area is 162 Å². The number of aryl methyl sites for hydroxylation is 1. The molecule has 1 fully saturated rings. The Kier molecular flexibility index (Phi) is 5.03. The molecule has 0 aliphatic heterocycles. The third-order valence-corrected chi connectivity index (χ3v) is 6.54. The fourth-order valence-electron chi connectivity index (χ4n) is 3.65. The highest BCUT2D eigenvalue weighted by Gasteiger charge is 2.19. The molecule has 27 heavy (non-hydrogen) atoms. The summed E-state index contributed by atoms with van der Waals surface area (Å²) in [6.45, 7) is 0. The first-order chi connectivity index (χ1) is 13.1. The number of pyridine rings is 1. The Morgan fingerprint density at radius 3 is 2.59 bits per heavy atom. The zero-order valence-corrected chi connectivity index (χ0v) is 16.1. The molecule has 0 unspecified atom stereocenters. The molecule has 2 aromatic carbocycles. The number of carbonyl (C=O) groups excluding carboxylic acids is 1. The van der Waals surface area contributed by atoms with Gasteiger partial charge in [0.25, 0.3) is 11.5 Å². The summed E-state index contributed by atoms with van der Waals surface area (Å²) in [5.74, 6) is -0.247. The predicted molar refractivity (Wildman–Crippen MR) is 112 cm³/mol. The number of hydrogen-bond donors (Lipinski definition) is 1. The van der Waals surface area contributed by atoms with E-state index in [-0.39, 0.29) is 11.5 Å². The number of hydrogen-bond acceptors (Lipinski definition) is 3. The van der Waals surface area contributed by atoms with Crippen LogP contribution in [0.5, 0.6) is 0 Å². The van der Waals surface area contributed by atoms with Gasteiger partial charge >= 0.3 is 0 Å². The van der Waals surface area contributed by atoms with E-state index in [4.69, 9.17) is 0 Å². The van der Waals surface area contributed by atoms with E-state index in [1.54, 1.807) is 11.6 Å². The fourth-order valence-corrected chi connectivity index (χ4v) is 4.98. The molecule has 0 bridgehead atoms. The van der Waals surface area contributed by atoms with Crippen LogP contribution in [0.25, 0.3) is 10.9 Å². The van der Waals surface area contributed by atoms with Crippen LogP contribution in [0, 0.1) is 0 Å². The van der Waals surface area contributed by atoms with Crippen molar-refractivity contribution in [3.05, 3.63) is 70.5 Å². The third-order valence-electron chi connectivity index (χ3n) is 5.13. The van der Waals surface area contributed by atoms with Crippen molar-refractivity contribution in [1.82, 2.24) is 4.57 Å². The van der Waals surface area contributed by atoms with Crippen molar-refractivity contribution in [3.8, 4) is 0 Å². The number of nitrogens with zero attached hydrogens (tertiary/aromatic N) is 1. The summed E-state index contributed by atoms with van der Waals surface area (Å²) in [6.07, 6.45) is 5.02. The summed E-state index contributed by atoms with van der Waals surface area (Å²) >= 11 is 1.84. The summed E-state index contributed by atoms with van der Waals surface area (Å²) in [6, 6.07) is 16.8. The Morgan fingerprint density at radius 1 is 1.07 bits per heavy atom. The van der Waals surface area contributed by atoms with E-state index in [0.717, 1.165) is 21.5 Å². The van der Waals surface area contributed by atoms with Crippen LogP contribution < -0.4 is 10.9 Å². The molecule has 1 saturated carbocycles. The average Bonchev–Trinajstić information content (AvgIpc) is 3.19. The molecule has 1 aliphatic rings. The number of anilines is 1. The second-order valence-electron chi connectivity index (χ2n) is 6.95. The lowest BCUT2D eigenvalue weighted by Crippen LogP contribution is -2.21. The lowest BCUT2D eigenvalue weighted by atomic mass is 10.1. The Hall–Kier alpha value is -2.53. The summed E-state index contributed by atoms with van der Waals surface area (Å²) in [5.41, 5.74) is 1.79. The Morgan fingerprint density at radius 2 is 1.78 bits per heavy atom. The predicted octanol–water partition coefficient (Wildman–Crippen LogP) is 4.83. The lowest BCUT2D eigenvalue weighted by molar-refractivity contribution is 0.102. The number of para-hydroxylation sites is 2. The summed E-state index contributed by atoms with van der Waals surface area (Å²) in [5, 5.41) is 4.43. The first-order valence-corrected chi connectivity index (χ1v) is 10.2. The van der Waals surface area contributed by atoms with E-state index >= 15 is 0 Å². The van der Waals surface area contributed by atoms with Gasteiger partial charge in [0, 0.05) is 28.6 Å². The topological polar surface area (TPSA) is 51.1 Å². The number of aromatic nitrogens is 1. The minimum absolute atomic E-state index is 0.188. The number of amides is 1. The van der Waals surface area contributed by atoms with E-state index in [1.165, 1.54) is 31.7 Å². The highest BCUT2D eigenvalue weighted by Crippen LogP contribution is 2.38. The van der Waals surface area contributed by atoms with Crippen molar-refractivity contribution < 1.29 is 4.79 Å². The molecule has 4 rings (SSSR count). The van der Waals surface area contributed by atoms with Gasteiger partial charge < -0.3 is 9.88 Å². The van der Waals surface area contributed by atoms with Crippen molar-refractivity contribution in [2.24, 2.45) is 7.05 Å². The van der Waals surface area contributed by atoms with E-state index in [1.807, 2.05) is 54.2 Å². The minimum atomic E-state index is -0.247. The van der Waals surface area contributed by atoms with Crippen LogP contribution in [0.15, 0.2) is 64.3 Å². The zero-order valence-electron chi connectivity index (χ0n) is 15.3. The SMILES string of the molecule is Cn1c(=O)cc(C(=O)Nc2ccccc2SC2CCCC2)c2ccccc21.